The van der Waals surface area contributed by atoms with Gasteiger partial charge in [-0.3, -0.25) is 14.6 Å². The first-order valence-electron chi connectivity index (χ1n) is 11.5. The van der Waals surface area contributed by atoms with Gasteiger partial charge < -0.3 is 19.5 Å². The molecule has 0 radical (unpaired) electrons. The van der Waals surface area contributed by atoms with Crippen LogP contribution in [0.25, 0.3) is 22.4 Å². The van der Waals surface area contributed by atoms with Crippen LogP contribution in [0.3, 0.4) is 0 Å². The van der Waals surface area contributed by atoms with Crippen LogP contribution in [0.4, 0.5) is 5.69 Å². The van der Waals surface area contributed by atoms with E-state index in [-0.39, 0.29) is 24.5 Å². The molecule has 0 unspecified atom stereocenters. The number of methoxy groups -OCH3 is 1. The maximum absolute atomic E-state index is 13.8. The number of amides is 2. The van der Waals surface area contributed by atoms with E-state index in [1.54, 1.807) is 42.1 Å². The summed E-state index contributed by atoms with van der Waals surface area (Å²) in [7, 11) is 3.35. The van der Waals surface area contributed by atoms with Gasteiger partial charge in [0.25, 0.3) is 5.91 Å². The maximum Gasteiger partial charge on any atom is 0.254 e. The molecule has 1 aliphatic rings. The molecule has 180 valence electrons. The van der Waals surface area contributed by atoms with Crippen molar-refractivity contribution >= 4 is 39.9 Å². The predicted octanol–water partition coefficient (Wildman–Crippen LogP) is 4.04. The molecule has 1 fully saturated rings. The van der Waals surface area contributed by atoms with Crippen LogP contribution in [0.5, 0.6) is 0 Å². The summed E-state index contributed by atoms with van der Waals surface area (Å²) in [6.45, 7) is 0.570. The number of hydrogen-bond acceptors (Lipinski definition) is 7. The van der Waals surface area contributed by atoms with Crippen molar-refractivity contribution in [3.8, 4) is 11.4 Å². The second kappa shape index (κ2) is 9.93. The summed E-state index contributed by atoms with van der Waals surface area (Å²) in [6.07, 6.45) is 8.11. The minimum absolute atomic E-state index is 0.0480. The molecular weight excluding hydrogens is 464 g/mol. The number of carbonyl (C=O) groups is 2. The van der Waals surface area contributed by atoms with Crippen molar-refractivity contribution in [2.45, 2.75) is 25.3 Å². The molecule has 0 bridgehead atoms. The van der Waals surface area contributed by atoms with Gasteiger partial charge in [0, 0.05) is 55.8 Å². The Bertz CT molecular complexity index is 1350. The lowest BCUT2D eigenvalue weighted by atomic mass is 10.0. The lowest BCUT2D eigenvalue weighted by Gasteiger charge is -2.34. The van der Waals surface area contributed by atoms with Crippen molar-refractivity contribution < 1.29 is 14.3 Å². The summed E-state index contributed by atoms with van der Waals surface area (Å²) >= 11 is 1.57. The Hall–Kier alpha value is -3.63. The standard InChI is InChI=1S/C25H26N6O3S/c1-30-22-18(28-21(32)15-34-2)12-17(13-19(22)29-23(30)16-6-5-8-26-14-16)25(33)31-10-4-3-7-20(31)24-27-9-11-35-24/h5-6,8-9,11-14,20H,3-4,7,10,15H2,1-2H3,(H,28,32)/t20-/m0/s1. The Balaban J connectivity index is 1.60. The van der Waals surface area contributed by atoms with Gasteiger partial charge in [0.15, 0.2) is 0 Å². The van der Waals surface area contributed by atoms with Crippen LogP contribution in [0, 0.1) is 0 Å². The first kappa shape index (κ1) is 23.1. The molecule has 2 amide bonds. The Morgan fingerprint density at radius 3 is 2.89 bits per heavy atom. The van der Waals surface area contributed by atoms with Crippen molar-refractivity contribution in [2.75, 3.05) is 25.6 Å². The van der Waals surface area contributed by atoms with Crippen LogP contribution in [0.2, 0.25) is 0 Å². The number of piperidine rings is 1. The number of nitrogens with one attached hydrogen (secondary N) is 1. The first-order chi connectivity index (χ1) is 17.1. The largest absolute Gasteiger partial charge is 0.375 e. The molecule has 1 aromatic carbocycles. The fraction of sp³-hybridized carbons (Fsp3) is 0.320. The van der Waals surface area contributed by atoms with Gasteiger partial charge in [-0.15, -0.1) is 11.3 Å². The molecule has 0 aliphatic carbocycles. The van der Waals surface area contributed by atoms with E-state index >= 15 is 0 Å². The summed E-state index contributed by atoms with van der Waals surface area (Å²) in [5.41, 5.74) is 3.17. The number of rotatable bonds is 6. The molecule has 1 atom stereocenters. The lowest BCUT2D eigenvalue weighted by Crippen LogP contribution is -2.38. The lowest BCUT2D eigenvalue weighted by molar-refractivity contribution is -0.119. The van der Waals surface area contributed by atoms with Gasteiger partial charge in [-0.05, 0) is 43.5 Å². The van der Waals surface area contributed by atoms with Gasteiger partial charge in [0.1, 0.15) is 17.4 Å². The Morgan fingerprint density at radius 2 is 2.14 bits per heavy atom. The number of aryl methyl sites for hydroxylation is 1. The van der Waals surface area contributed by atoms with E-state index in [0.29, 0.717) is 29.1 Å². The summed E-state index contributed by atoms with van der Waals surface area (Å²) in [6, 6.07) is 7.26. The highest BCUT2D eigenvalue weighted by Crippen LogP contribution is 2.35. The molecule has 0 spiro atoms. The van der Waals surface area contributed by atoms with Gasteiger partial charge in [0.05, 0.1) is 22.8 Å². The van der Waals surface area contributed by atoms with Gasteiger partial charge in [-0.2, -0.15) is 0 Å². The minimum Gasteiger partial charge on any atom is -0.375 e. The number of thiazole rings is 1. The molecule has 35 heavy (non-hydrogen) atoms. The third-order valence-electron chi connectivity index (χ3n) is 6.19. The topological polar surface area (TPSA) is 102 Å². The van der Waals surface area contributed by atoms with E-state index in [0.717, 1.165) is 35.4 Å². The van der Waals surface area contributed by atoms with E-state index in [1.165, 1.54) is 7.11 Å². The van der Waals surface area contributed by atoms with Gasteiger partial charge in [-0.25, -0.2) is 9.97 Å². The van der Waals surface area contributed by atoms with E-state index in [4.69, 9.17) is 9.72 Å². The molecule has 4 aromatic rings. The van der Waals surface area contributed by atoms with E-state index in [2.05, 4.69) is 15.3 Å². The van der Waals surface area contributed by atoms with Crippen LogP contribution in [0.1, 0.15) is 40.7 Å². The van der Waals surface area contributed by atoms with Crippen molar-refractivity contribution in [1.29, 1.82) is 0 Å². The maximum atomic E-state index is 13.8. The number of aromatic nitrogens is 4. The number of benzene rings is 1. The Labute approximate surface area is 206 Å². The highest BCUT2D eigenvalue weighted by Gasteiger charge is 2.31. The number of ether oxygens (including phenoxy) is 1. The third kappa shape index (κ3) is 4.54. The van der Waals surface area contributed by atoms with Gasteiger partial charge in [-0.1, -0.05) is 0 Å². The van der Waals surface area contributed by atoms with Gasteiger partial charge in [0.2, 0.25) is 5.91 Å². The van der Waals surface area contributed by atoms with Crippen LogP contribution in [-0.4, -0.2) is 56.5 Å². The molecule has 10 heteroatoms. The quantitative estimate of drug-likeness (QED) is 0.438. The average Bonchev–Trinajstić information content (AvgIpc) is 3.53. The SMILES string of the molecule is COCC(=O)Nc1cc(C(=O)N2CCCC[C@H]2c2nccs2)cc2nc(-c3cccnc3)n(C)c12. The highest BCUT2D eigenvalue weighted by molar-refractivity contribution is 7.09. The van der Waals surface area contributed by atoms with Crippen LogP contribution < -0.4 is 5.32 Å². The zero-order chi connectivity index (χ0) is 24.4. The second-order valence-electron chi connectivity index (χ2n) is 8.49. The number of fused-ring (bicyclic) bond motifs is 1. The number of likely N-dealkylation sites (tertiary alicyclic amines) is 1. The minimum atomic E-state index is -0.304. The zero-order valence-corrected chi connectivity index (χ0v) is 20.4. The third-order valence-corrected chi connectivity index (χ3v) is 7.06. The van der Waals surface area contributed by atoms with Crippen molar-refractivity contribution in [3.63, 3.8) is 0 Å². The first-order valence-corrected chi connectivity index (χ1v) is 12.3. The fourth-order valence-electron chi connectivity index (χ4n) is 4.64. The molecule has 4 heterocycles. The van der Waals surface area contributed by atoms with Crippen molar-refractivity contribution in [1.82, 2.24) is 24.4 Å². The number of hydrogen-bond donors (Lipinski definition) is 1. The number of imidazole rings is 1. The van der Waals surface area contributed by atoms with Crippen molar-refractivity contribution in [3.05, 3.63) is 58.8 Å². The summed E-state index contributed by atoms with van der Waals surface area (Å²) in [5, 5.41) is 5.80. The normalized spacial score (nSPS) is 15.9. The Morgan fingerprint density at radius 1 is 1.26 bits per heavy atom. The molecule has 1 N–H and O–H groups in total. The fourth-order valence-corrected chi connectivity index (χ4v) is 5.42. The van der Waals surface area contributed by atoms with Crippen LogP contribution >= 0.6 is 11.3 Å². The summed E-state index contributed by atoms with van der Waals surface area (Å²) in [5.74, 6) is 0.294. The van der Waals surface area contributed by atoms with E-state index < -0.39 is 0 Å². The molecule has 0 saturated carbocycles. The zero-order valence-electron chi connectivity index (χ0n) is 19.6. The van der Waals surface area contributed by atoms with Crippen LogP contribution in [0.15, 0.2) is 48.2 Å². The summed E-state index contributed by atoms with van der Waals surface area (Å²) < 4.78 is 6.90. The Kier molecular flexibility index (Phi) is 6.56. The van der Waals surface area contributed by atoms with E-state index in [1.807, 2.05) is 34.0 Å². The molecule has 9 nitrogen and oxygen atoms in total. The average molecular weight is 491 g/mol. The molecule has 5 rings (SSSR count). The smallest absolute Gasteiger partial charge is 0.254 e. The van der Waals surface area contributed by atoms with Crippen LogP contribution in [-0.2, 0) is 16.6 Å². The number of pyridine rings is 1. The molecular formula is C25H26N6O3S. The van der Waals surface area contributed by atoms with Gasteiger partial charge >= 0.3 is 0 Å². The number of carbonyl (C=O) groups excluding carboxylic acids is 2. The summed E-state index contributed by atoms with van der Waals surface area (Å²) in [4.78, 5) is 41.6. The molecule has 1 aliphatic heterocycles. The number of anilines is 1. The predicted molar refractivity (Wildman–Crippen MR) is 134 cm³/mol. The molecule has 1 saturated heterocycles. The monoisotopic (exact) mass is 490 g/mol. The number of nitrogens with zero attached hydrogens (tertiary/aromatic N) is 5. The second-order valence-corrected chi connectivity index (χ2v) is 9.42. The highest BCUT2D eigenvalue weighted by atomic mass is 32.1. The molecule has 3 aromatic heterocycles. The van der Waals surface area contributed by atoms with E-state index in [9.17, 15) is 9.59 Å². The van der Waals surface area contributed by atoms with Crippen molar-refractivity contribution in [2.24, 2.45) is 7.05 Å².